The highest BCUT2D eigenvalue weighted by Crippen LogP contribution is 2.29. The number of hydrogen-bond donors (Lipinski definition) is 3. The number of rotatable bonds is 8. The summed E-state index contributed by atoms with van der Waals surface area (Å²) in [7, 11) is 0. The second kappa shape index (κ2) is 9.28. The number of amides is 2. The normalized spacial score (nSPS) is 17.4. The average Bonchev–Trinajstić information content (AvgIpc) is 3.41. The Labute approximate surface area is 177 Å². The summed E-state index contributed by atoms with van der Waals surface area (Å²) in [5.74, 6) is 0.265. The van der Waals surface area contributed by atoms with Crippen LogP contribution in [0, 0.1) is 12.8 Å². The lowest BCUT2D eigenvalue weighted by Gasteiger charge is -2.21. The fourth-order valence-electron chi connectivity index (χ4n) is 4.09. The summed E-state index contributed by atoms with van der Waals surface area (Å²) in [6, 6.07) is 9.10. The van der Waals surface area contributed by atoms with Crippen LogP contribution in [0.3, 0.4) is 0 Å². The predicted molar refractivity (Wildman–Crippen MR) is 118 cm³/mol. The smallest absolute Gasteiger partial charge is 0.252 e. The Morgan fingerprint density at radius 2 is 1.93 bits per heavy atom. The Morgan fingerprint density at radius 3 is 2.67 bits per heavy atom. The second-order valence-corrected chi connectivity index (χ2v) is 8.59. The van der Waals surface area contributed by atoms with E-state index in [1.165, 1.54) is 12.8 Å². The van der Waals surface area contributed by atoms with Crippen LogP contribution in [0.4, 0.5) is 11.4 Å². The standard InChI is InChI=1S/C24H30N4O2/c1-16-15-25-12-11-21(16)26-20-8-4-7-18(14-20)23(29)28-22(13-17-5-2-3-6-17)24(30)27-19-9-10-19/h4,7-8,11-12,14-15,17,19,22H,2-3,5-6,9-10,13H2,1H3,(H,25,26)(H,27,30)(H,28,29)/t22-/m0/s1. The maximum Gasteiger partial charge on any atom is 0.252 e. The van der Waals surface area contributed by atoms with E-state index in [4.69, 9.17) is 0 Å². The van der Waals surface area contributed by atoms with Gasteiger partial charge in [-0.2, -0.15) is 0 Å². The first-order valence-corrected chi connectivity index (χ1v) is 11.0. The molecule has 0 unspecified atom stereocenters. The van der Waals surface area contributed by atoms with Gasteiger partial charge in [-0.05, 0) is 61.9 Å². The lowest BCUT2D eigenvalue weighted by atomic mass is 9.97. The van der Waals surface area contributed by atoms with Crippen molar-refractivity contribution in [3.63, 3.8) is 0 Å². The molecule has 3 N–H and O–H groups in total. The van der Waals surface area contributed by atoms with Gasteiger partial charge in [0, 0.05) is 35.4 Å². The number of nitrogens with zero attached hydrogens (tertiary/aromatic N) is 1. The molecule has 2 saturated carbocycles. The van der Waals surface area contributed by atoms with Gasteiger partial charge in [0.1, 0.15) is 6.04 Å². The molecule has 2 aliphatic carbocycles. The highest BCUT2D eigenvalue weighted by atomic mass is 16.2. The van der Waals surface area contributed by atoms with Gasteiger partial charge in [-0.25, -0.2) is 0 Å². The third-order valence-electron chi connectivity index (χ3n) is 6.01. The number of pyridine rings is 1. The monoisotopic (exact) mass is 406 g/mol. The minimum absolute atomic E-state index is 0.0422. The lowest BCUT2D eigenvalue weighted by molar-refractivity contribution is -0.123. The van der Waals surface area contributed by atoms with Gasteiger partial charge in [0.05, 0.1) is 0 Å². The molecular weight excluding hydrogens is 376 g/mol. The third-order valence-corrected chi connectivity index (χ3v) is 6.01. The van der Waals surface area contributed by atoms with E-state index >= 15 is 0 Å². The fraction of sp³-hybridized carbons (Fsp3) is 0.458. The van der Waals surface area contributed by atoms with Gasteiger partial charge in [0.2, 0.25) is 5.91 Å². The highest BCUT2D eigenvalue weighted by molar-refractivity contribution is 5.98. The Bertz CT molecular complexity index is 904. The van der Waals surface area contributed by atoms with Crippen LogP contribution in [-0.2, 0) is 4.79 Å². The summed E-state index contributed by atoms with van der Waals surface area (Å²) in [5.41, 5.74) is 3.35. The largest absolute Gasteiger partial charge is 0.355 e. The van der Waals surface area contributed by atoms with Crippen LogP contribution in [-0.4, -0.2) is 28.9 Å². The third kappa shape index (κ3) is 5.38. The molecule has 1 aromatic heterocycles. The molecule has 1 heterocycles. The maximum absolute atomic E-state index is 13.0. The molecule has 0 aliphatic heterocycles. The summed E-state index contributed by atoms with van der Waals surface area (Å²) in [4.78, 5) is 29.8. The summed E-state index contributed by atoms with van der Waals surface area (Å²) < 4.78 is 0. The SMILES string of the molecule is Cc1cnccc1Nc1cccc(C(=O)N[C@@H](CC2CCCC2)C(=O)NC2CC2)c1. The Balaban J connectivity index is 1.44. The van der Waals surface area contributed by atoms with Crippen LogP contribution >= 0.6 is 0 Å². The van der Waals surface area contributed by atoms with Crippen LogP contribution in [0.2, 0.25) is 0 Å². The van der Waals surface area contributed by atoms with Crippen molar-refractivity contribution in [1.29, 1.82) is 0 Å². The number of benzene rings is 1. The molecule has 2 aromatic rings. The van der Waals surface area contributed by atoms with Crippen molar-refractivity contribution in [2.45, 2.75) is 64.0 Å². The van der Waals surface area contributed by atoms with Gasteiger partial charge in [0.15, 0.2) is 0 Å². The number of nitrogens with one attached hydrogen (secondary N) is 3. The van der Waals surface area contributed by atoms with Crippen molar-refractivity contribution in [3.05, 3.63) is 53.9 Å². The fourth-order valence-corrected chi connectivity index (χ4v) is 4.09. The molecule has 1 aromatic carbocycles. The van der Waals surface area contributed by atoms with E-state index < -0.39 is 6.04 Å². The van der Waals surface area contributed by atoms with Gasteiger partial charge in [0.25, 0.3) is 5.91 Å². The van der Waals surface area contributed by atoms with E-state index in [2.05, 4.69) is 20.9 Å². The van der Waals surface area contributed by atoms with Crippen molar-refractivity contribution >= 4 is 23.2 Å². The van der Waals surface area contributed by atoms with Gasteiger partial charge in [-0.15, -0.1) is 0 Å². The van der Waals surface area contributed by atoms with Crippen molar-refractivity contribution < 1.29 is 9.59 Å². The number of anilines is 2. The molecule has 158 valence electrons. The molecule has 1 atom stereocenters. The van der Waals surface area contributed by atoms with E-state index in [1.807, 2.05) is 31.2 Å². The van der Waals surface area contributed by atoms with Crippen LogP contribution in [0.25, 0.3) is 0 Å². The molecule has 6 nitrogen and oxygen atoms in total. The minimum Gasteiger partial charge on any atom is -0.355 e. The summed E-state index contributed by atoms with van der Waals surface area (Å²) in [6.07, 6.45) is 11.1. The van der Waals surface area contributed by atoms with Crippen LogP contribution < -0.4 is 16.0 Å². The molecular formula is C24H30N4O2. The van der Waals surface area contributed by atoms with E-state index in [1.54, 1.807) is 18.5 Å². The molecule has 0 radical (unpaired) electrons. The number of hydrogen-bond acceptors (Lipinski definition) is 4. The van der Waals surface area contributed by atoms with Crippen molar-refractivity contribution in [3.8, 4) is 0 Å². The quantitative estimate of drug-likeness (QED) is 0.617. The molecule has 2 aliphatic rings. The number of carbonyl (C=O) groups excluding carboxylic acids is 2. The maximum atomic E-state index is 13.0. The second-order valence-electron chi connectivity index (χ2n) is 8.59. The zero-order valence-corrected chi connectivity index (χ0v) is 17.5. The lowest BCUT2D eigenvalue weighted by Crippen LogP contribution is -2.48. The highest BCUT2D eigenvalue weighted by Gasteiger charge is 2.31. The van der Waals surface area contributed by atoms with Gasteiger partial charge in [-0.3, -0.25) is 14.6 Å². The minimum atomic E-state index is -0.472. The summed E-state index contributed by atoms with van der Waals surface area (Å²) in [6.45, 7) is 1.98. The molecule has 0 saturated heterocycles. The van der Waals surface area contributed by atoms with E-state index in [0.29, 0.717) is 11.5 Å². The van der Waals surface area contributed by atoms with E-state index in [0.717, 1.165) is 49.0 Å². The molecule has 0 bridgehead atoms. The van der Waals surface area contributed by atoms with Gasteiger partial charge >= 0.3 is 0 Å². The van der Waals surface area contributed by atoms with Crippen LogP contribution in [0.15, 0.2) is 42.7 Å². The zero-order valence-electron chi connectivity index (χ0n) is 17.5. The van der Waals surface area contributed by atoms with Crippen molar-refractivity contribution in [2.75, 3.05) is 5.32 Å². The summed E-state index contributed by atoms with van der Waals surface area (Å²) in [5, 5.41) is 9.41. The van der Waals surface area contributed by atoms with E-state index in [-0.39, 0.29) is 17.9 Å². The summed E-state index contributed by atoms with van der Waals surface area (Å²) >= 11 is 0. The Kier molecular flexibility index (Phi) is 6.31. The Hall–Kier alpha value is -2.89. The molecule has 6 heteroatoms. The van der Waals surface area contributed by atoms with Crippen LogP contribution in [0.5, 0.6) is 0 Å². The topological polar surface area (TPSA) is 83.1 Å². The van der Waals surface area contributed by atoms with Crippen molar-refractivity contribution in [2.24, 2.45) is 5.92 Å². The average molecular weight is 407 g/mol. The van der Waals surface area contributed by atoms with Crippen LogP contribution in [0.1, 0.15) is 60.9 Å². The van der Waals surface area contributed by atoms with Gasteiger partial charge in [-0.1, -0.05) is 31.7 Å². The predicted octanol–water partition coefficient (Wildman–Crippen LogP) is 4.09. The van der Waals surface area contributed by atoms with Crippen molar-refractivity contribution in [1.82, 2.24) is 15.6 Å². The first kappa shape index (κ1) is 20.4. The zero-order chi connectivity index (χ0) is 20.9. The number of aromatic nitrogens is 1. The molecule has 30 heavy (non-hydrogen) atoms. The molecule has 4 rings (SSSR count). The first-order valence-electron chi connectivity index (χ1n) is 11.0. The Morgan fingerprint density at radius 1 is 1.13 bits per heavy atom. The number of aryl methyl sites for hydroxylation is 1. The molecule has 2 amide bonds. The molecule has 0 spiro atoms. The number of carbonyl (C=O) groups is 2. The van der Waals surface area contributed by atoms with Gasteiger partial charge < -0.3 is 16.0 Å². The first-order chi connectivity index (χ1) is 14.6. The molecule has 2 fully saturated rings. The van der Waals surface area contributed by atoms with E-state index in [9.17, 15) is 9.59 Å².